The summed E-state index contributed by atoms with van der Waals surface area (Å²) < 4.78 is 31.0. The zero-order chi connectivity index (χ0) is 30.2. The highest BCUT2D eigenvalue weighted by Gasteiger charge is 2.18. The lowest BCUT2D eigenvalue weighted by molar-refractivity contribution is -0.120. The summed E-state index contributed by atoms with van der Waals surface area (Å²) in [4.78, 5) is 29.1. The number of nitrogens with zero attached hydrogens (tertiary/aromatic N) is 5. The van der Waals surface area contributed by atoms with E-state index >= 15 is 0 Å². The summed E-state index contributed by atoms with van der Waals surface area (Å²) in [5, 5.41) is 20.8. The number of benzene rings is 2. The normalized spacial score (nSPS) is 14.4. The number of aliphatic hydroxyl groups is 1. The molecule has 3 N–H and O–H groups in total. The average molecular weight is 606 g/mol. The molecule has 0 unspecified atom stereocenters. The number of tetrazole rings is 1. The van der Waals surface area contributed by atoms with Gasteiger partial charge in [0.2, 0.25) is 5.91 Å². The summed E-state index contributed by atoms with van der Waals surface area (Å²) >= 11 is 0. The van der Waals surface area contributed by atoms with Gasteiger partial charge in [-0.1, -0.05) is 43.9 Å². The third-order valence-electron chi connectivity index (χ3n) is 7.62. The van der Waals surface area contributed by atoms with Gasteiger partial charge in [-0.25, -0.2) is 13.2 Å². The summed E-state index contributed by atoms with van der Waals surface area (Å²) in [5.74, 6) is 0.460. The minimum absolute atomic E-state index is 0.0175. The topological polar surface area (TPSA) is 161 Å². The van der Waals surface area contributed by atoms with Gasteiger partial charge in [-0.3, -0.25) is 14.5 Å². The molecule has 1 saturated carbocycles. The van der Waals surface area contributed by atoms with Crippen molar-refractivity contribution in [3.8, 4) is 5.69 Å². The highest BCUT2D eigenvalue weighted by Crippen LogP contribution is 2.28. The quantitative estimate of drug-likeness (QED) is 0.210. The van der Waals surface area contributed by atoms with Crippen LogP contribution in [0.25, 0.3) is 5.69 Å². The van der Waals surface area contributed by atoms with Crippen LogP contribution in [0, 0.1) is 5.92 Å². The predicted octanol–water partition coefficient (Wildman–Crippen LogP) is 2.99. The van der Waals surface area contributed by atoms with E-state index in [1.165, 1.54) is 60.8 Å². The number of aromatic nitrogens is 5. The largest absolute Gasteiger partial charge is 0.387 e. The minimum Gasteiger partial charge on any atom is -0.387 e. The highest BCUT2D eigenvalue weighted by molar-refractivity contribution is 7.92. The maximum Gasteiger partial charge on any atom is 0.368 e. The van der Waals surface area contributed by atoms with Gasteiger partial charge in [0, 0.05) is 36.7 Å². The fourth-order valence-corrected chi connectivity index (χ4v) is 6.28. The molecule has 1 aliphatic rings. The van der Waals surface area contributed by atoms with Gasteiger partial charge in [-0.05, 0) is 77.2 Å². The van der Waals surface area contributed by atoms with Crippen molar-refractivity contribution < 1.29 is 18.3 Å². The zero-order valence-electron chi connectivity index (χ0n) is 23.7. The van der Waals surface area contributed by atoms with Crippen molar-refractivity contribution in [2.75, 3.05) is 11.3 Å². The summed E-state index contributed by atoms with van der Waals surface area (Å²) in [6, 6.07) is 15.7. The number of hydrogen-bond acceptors (Lipinski definition) is 8. The number of sulfonamides is 1. The van der Waals surface area contributed by atoms with E-state index in [1.807, 2.05) is 0 Å². The number of carbonyl (C=O) groups excluding carboxylic acids is 1. The predicted molar refractivity (Wildman–Crippen MR) is 160 cm³/mol. The third-order valence-corrected chi connectivity index (χ3v) is 9.02. The minimum atomic E-state index is -3.91. The first kappa shape index (κ1) is 30.1. The van der Waals surface area contributed by atoms with Crippen LogP contribution < -0.4 is 15.7 Å². The van der Waals surface area contributed by atoms with E-state index in [-0.39, 0.29) is 29.5 Å². The first-order valence-electron chi connectivity index (χ1n) is 14.4. The number of anilines is 1. The smallest absolute Gasteiger partial charge is 0.368 e. The molecule has 2 aromatic heterocycles. The van der Waals surface area contributed by atoms with Crippen LogP contribution in [0.3, 0.4) is 0 Å². The van der Waals surface area contributed by atoms with Crippen molar-refractivity contribution in [1.29, 1.82) is 0 Å². The Labute approximate surface area is 249 Å². The van der Waals surface area contributed by atoms with Crippen molar-refractivity contribution in [3.05, 3.63) is 94.7 Å². The van der Waals surface area contributed by atoms with Gasteiger partial charge < -0.3 is 10.4 Å². The zero-order valence-corrected chi connectivity index (χ0v) is 24.5. The molecule has 2 aromatic carbocycles. The molecule has 226 valence electrons. The van der Waals surface area contributed by atoms with E-state index < -0.39 is 16.1 Å². The second-order valence-corrected chi connectivity index (χ2v) is 12.5. The van der Waals surface area contributed by atoms with Crippen molar-refractivity contribution >= 4 is 21.6 Å². The molecule has 43 heavy (non-hydrogen) atoms. The maximum atomic E-state index is 13.0. The molecule has 0 saturated heterocycles. The van der Waals surface area contributed by atoms with Crippen molar-refractivity contribution in [3.63, 3.8) is 0 Å². The summed E-state index contributed by atoms with van der Waals surface area (Å²) in [5.41, 5.74) is 1.67. The summed E-state index contributed by atoms with van der Waals surface area (Å²) in [6.07, 6.45) is 9.39. The van der Waals surface area contributed by atoms with Crippen LogP contribution in [-0.2, 0) is 27.8 Å². The van der Waals surface area contributed by atoms with Crippen molar-refractivity contribution in [1.82, 2.24) is 30.1 Å². The monoisotopic (exact) mass is 605 g/mol. The molecule has 1 fully saturated rings. The molecule has 0 aliphatic heterocycles. The van der Waals surface area contributed by atoms with E-state index in [2.05, 4.69) is 25.4 Å². The number of nitrogens with one attached hydrogen (secondary N) is 2. The fourth-order valence-electron chi connectivity index (χ4n) is 5.23. The van der Waals surface area contributed by atoms with Crippen LogP contribution in [0.1, 0.15) is 55.8 Å². The molecule has 0 radical (unpaired) electrons. The molecule has 2 heterocycles. The van der Waals surface area contributed by atoms with Gasteiger partial charge in [-0.15, -0.1) is 0 Å². The Bertz CT molecular complexity index is 1660. The van der Waals surface area contributed by atoms with Crippen LogP contribution >= 0.6 is 0 Å². The van der Waals surface area contributed by atoms with Crippen LogP contribution in [-0.4, -0.2) is 50.8 Å². The van der Waals surface area contributed by atoms with Gasteiger partial charge in [0.25, 0.3) is 10.0 Å². The Balaban J connectivity index is 1.13. The molecule has 1 atom stereocenters. The lowest BCUT2D eigenvalue weighted by Gasteiger charge is -2.12. The van der Waals surface area contributed by atoms with Gasteiger partial charge in [-0.2, -0.15) is 9.36 Å². The Kier molecular flexibility index (Phi) is 9.62. The van der Waals surface area contributed by atoms with Crippen molar-refractivity contribution in [2.45, 2.75) is 62.5 Å². The first-order valence-corrected chi connectivity index (χ1v) is 15.9. The van der Waals surface area contributed by atoms with Gasteiger partial charge in [0.15, 0.2) is 0 Å². The number of aliphatic hydroxyl groups excluding tert-OH is 1. The third kappa shape index (κ3) is 7.93. The van der Waals surface area contributed by atoms with Gasteiger partial charge in [0.05, 0.1) is 23.1 Å². The molecular formula is C30H35N7O5S. The maximum absolute atomic E-state index is 13.0. The fraction of sp³-hybridized carbons (Fsp3) is 0.367. The highest BCUT2D eigenvalue weighted by atomic mass is 32.2. The molecule has 1 amide bonds. The number of rotatable bonds is 13. The SMILES string of the molecule is O=C(Cc1ccc(NS(=O)(=O)c2ccc(-n3nnn(CCCC4CCCC4)c3=O)cc2)cc1)NC[C@H](O)c1cccnc1. The van der Waals surface area contributed by atoms with Gasteiger partial charge >= 0.3 is 5.69 Å². The average Bonchev–Trinajstić information content (AvgIpc) is 3.67. The summed E-state index contributed by atoms with van der Waals surface area (Å²) in [7, 11) is -3.91. The number of pyridine rings is 1. The van der Waals surface area contributed by atoms with E-state index in [0.717, 1.165) is 23.4 Å². The number of hydrogen-bond donors (Lipinski definition) is 3. The second-order valence-electron chi connectivity index (χ2n) is 10.8. The number of carbonyl (C=O) groups is 1. The molecule has 13 heteroatoms. The lowest BCUT2D eigenvalue weighted by atomic mass is 10.0. The van der Waals surface area contributed by atoms with Crippen LogP contribution in [0.15, 0.2) is 82.7 Å². The molecule has 12 nitrogen and oxygen atoms in total. The van der Waals surface area contributed by atoms with E-state index in [1.54, 1.807) is 42.6 Å². The standard InChI is InChI=1S/C30H35N7O5S/c38-28(24-8-3-17-31-20-24)21-32-29(39)19-23-9-11-25(12-10-23)33-43(41,42)27-15-13-26(14-16-27)37-30(40)36(34-35-37)18-4-7-22-5-1-2-6-22/h3,8-17,20,22,28,33,38H,1-2,4-7,18-19,21H2,(H,32,39)/t28-/m0/s1. The van der Waals surface area contributed by atoms with Crippen LogP contribution in [0.2, 0.25) is 0 Å². The molecular weight excluding hydrogens is 570 g/mol. The second kappa shape index (κ2) is 13.7. The Morgan fingerprint density at radius 1 is 1.02 bits per heavy atom. The van der Waals surface area contributed by atoms with E-state index in [4.69, 9.17) is 0 Å². The van der Waals surface area contributed by atoms with Crippen LogP contribution in [0.5, 0.6) is 0 Å². The number of aryl methyl sites for hydroxylation is 1. The lowest BCUT2D eigenvalue weighted by Crippen LogP contribution is -2.29. The Morgan fingerprint density at radius 3 is 2.47 bits per heavy atom. The Morgan fingerprint density at radius 2 is 1.77 bits per heavy atom. The molecule has 4 aromatic rings. The Hall–Kier alpha value is -4.36. The van der Waals surface area contributed by atoms with E-state index in [9.17, 15) is 23.1 Å². The molecule has 1 aliphatic carbocycles. The molecule has 0 spiro atoms. The molecule has 0 bridgehead atoms. The first-order chi connectivity index (χ1) is 20.8. The summed E-state index contributed by atoms with van der Waals surface area (Å²) in [6.45, 7) is 0.555. The van der Waals surface area contributed by atoms with Crippen molar-refractivity contribution in [2.24, 2.45) is 5.92 Å². The molecule has 5 rings (SSSR count). The van der Waals surface area contributed by atoms with E-state index in [0.29, 0.717) is 29.0 Å². The number of amides is 1. The van der Waals surface area contributed by atoms with Crippen LogP contribution in [0.4, 0.5) is 5.69 Å². The van der Waals surface area contributed by atoms with Gasteiger partial charge in [0.1, 0.15) is 0 Å².